The van der Waals surface area contributed by atoms with Crippen LogP contribution in [0.25, 0.3) is 0 Å². The van der Waals surface area contributed by atoms with Crippen molar-refractivity contribution in [3.8, 4) is 5.75 Å². The molecule has 2 aromatic rings. The zero-order valence-electron chi connectivity index (χ0n) is 13.4. The number of phenolic OH excluding ortho intramolecular Hbond substituents is 1. The van der Waals surface area contributed by atoms with E-state index in [2.05, 4.69) is 21.2 Å². The van der Waals surface area contributed by atoms with Gasteiger partial charge in [-0.1, -0.05) is 18.2 Å². The minimum Gasteiger partial charge on any atom is -0.507 e. The molecule has 10 heteroatoms. The Bertz CT molecular complexity index is 852. The molecular formula is C16H15N5O5. The van der Waals surface area contributed by atoms with Crippen LogP contribution in [0.1, 0.15) is 5.56 Å². The smallest absolute Gasteiger partial charge is 0.319 e. The lowest BCUT2D eigenvalue weighted by Gasteiger charge is -2.06. The van der Waals surface area contributed by atoms with E-state index in [1.807, 2.05) is 0 Å². The van der Waals surface area contributed by atoms with Gasteiger partial charge < -0.3 is 15.7 Å². The first kappa shape index (κ1) is 18.4. The normalized spacial score (nSPS) is 10.3. The number of anilines is 1. The van der Waals surface area contributed by atoms with Crippen LogP contribution in [0.5, 0.6) is 5.75 Å². The van der Waals surface area contributed by atoms with Crippen molar-refractivity contribution >= 4 is 29.5 Å². The summed E-state index contributed by atoms with van der Waals surface area (Å²) in [5.41, 5.74) is 2.66. The predicted octanol–water partition coefficient (Wildman–Crippen LogP) is 1.57. The van der Waals surface area contributed by atoms with Gasteiger partial charge in [0.15, 0.2) is 0 Å². The number of nitrogens with one attached hydrogen (secondary N) is 3. The molecule has 134 valence electrons. The molecule has 26 heavy (non-hydrogen) atoms. The molecule has 0 aliphatic heterocycles. The molecule has 0 bridgehead atoms. The van der Waals surface area contributed by atoms with Crippen LogP contribution in [0, 0.1) is 10.1 Å². The van der Waals surface area contributed by atoms with Crippen LogP contribution in [0.4, 0.5) is 16.2 Å². The predicted molar refractivity (Wildman–Crippen MR) is 94.0 cm³/mol. The van der Waals surface area contributed by atoms with Crippen LogP contribution < -0.4 is 16.1 Å². The number of nitrogens with zero attached hydrogens (tertiary/aromatic N) is 2. The highest BCUT2D eigenvalue weighted by atomic mass is 16.6. The molecule has 10 nitrogen and oxygen atoms in total. The molecular weight excluding hydrogens is 342 g/mol. The third-order valence-electron chi connectivity index (χ3n) is 3.05. The van der Waals surface area contributed by atoms with Crippen molar-refractivity contribution in [1.29, 1.82) is 0 Å². The first-order valence-corrected chi connectivity index (χ1v) is 7.35. The van der Waals surface area contributed by atoms with Gasteiger partial charge >= 0.3 is 6.03 Å². The second-order valence-corrected chi connectivity index (χ2v) is 4.97. The van der Waals surface area contributed by atoms with Crippen LogP contribution in [-0.4, -0.2) is 34.7 Å². The Morgan fingerprint density at radius 3 is 2.69 bits per heavy atom. The summed E-state index contributed by atoms with van der Waals surface area (Å²) >= 11 is 0. The van der Waals surface area contributed by atoms with Crippen LogP contribution in [0.3, 0.4) is 0 Å². The SMILES string of the molecule is O=C(CNC(=O)Nc1cccc([N+](=O)[O-])c1)N/N=C/c1ccccc1O. The maximum absolute atomic E-state index is 11.7. The molecule has 0 saturated heterocycles. The summed E-state index contributed by atoms with van der Waals surface area (Å²) in [5, 5.41) is 28.5. The van der Waals surface area contributed by atoms with E-state index in [0.717, 1.165) is 0 Å². The average Bonchev–Trinajstić information content (AvgIpc) is 2.62. The Kier molecular flexibility index (Phi) is 6.21. The van der Waals surface area contributed by atoms with Gasteiger partial charge in [0, 0.05) is 23.4 Å². The fourth-order valence-electron chi connectivity index (χ4n) is 1.84. The zero-order valence-corrected chi connectivity index (χ0v) is 13.4. The number of para-hydroxylation sites is 1. The molecule has 0 aliphatic rings. The van der Waals surface area contributed by atoms with E-state index in [-0.39, 0.29) is 23.7 Å². The van der Waals surface area contributed by atoms with E-state index in [9.17, 15) is 24.8 Å². The Hall–Kier alpha value is -3.95. The van der Waals surface area contributed by atoms with Crippen molar-refractivity contribution in [2.45, 2.75) is 0 Å². The number of urea groups is 1. The van der Waals surface area contributed by atoms with Crippen molar-refractivity contribution in [1.82, 2.24) is 10.7 Å². The fourth-order valence-corrected chi connectivity index (χ4v) is 1.84. The molecule has 0 spiro atoms. The molecule has 0 unspecified atom stereocenters. The van der Waals surface area contributed by atoms with Crippen molar-refractivity contribution in [3.63, 3.8) is 0 Å². The number of nitro groups is 1. The van der Waals surface area contributed by atoms with Crippen LogP contribution in [0.15, 0.2) is 53.6 Å². The summed E-state index contributed by atoms with van der Waals surface area (Å²) in [6.07, 6.45) is 1.26. The molecule has 0 saturated carbocycles. The molecule has 2 aromatic carbocycles. The third-order valence-corrected chi connectivity index (χ3v) is 3.05. The lowest BCUT2D eigenvalue weighted by molar-refractivity contribution is -0.384. The van der Waals surface area contributed by atoms with Crippen LogP contribution in [-0.2, 0) is 4.79 Å². The van der Waals surface area contributed by atoms with Crippen LogP contribution >= 0.6 is 0 Å². The number of phenols is 1. The number of benzene rings is 2. The molecule has 0 aromatic heterocycles. The Morgan fingerprint density at radius 2 is 1.96 bits per heavy atom. The summed E-state index contributed by atoms with van der Waals surface area (Å²) < 4.78 is 0. The summed E-state index contributed by atoms with van der Waals surface area (Å²) in [7, 11) is 0. The Balaban J connectivity index is 1.78. The van der Waals surface area contributed by atoms with E-state index in [4.69, 9.17) is 0 Å². The molecule has 0 heterocycles. The second-order valence-electron chi connectivity index (χ2n) is 4.97. The van der Waals surface area contributed by atoms with E-state index < -0.39 is 16.9 Å². The number of aromatic hydroxyl groups is 1. The topological polar surface area (TPSA) is 146 Å². The van der Waals surface area contributed by atoms with Gasteiger partial charge in [-0.2, -0.15) is 5.10 Å². The van der Waals surface area contributed by atoms with Gasteiger partial charge in [0.1, 0.15) is 12.3 Å². The number of hydrazone groups is 1. The first-order chi connectivity index (χ1) is 12.5. The van der Waals surface area contributed by atoms with E-state index in [1.54, 1.807) is 18.2 Å². The number of carbonyl (C=O) groups excluding carboxylic acids is 2. The number of nitro benzene ring substituents is 1. The molecule has 2 rings (SSSR count). The summed E-state index contributed by atoms with van der Waals surface area (Å²) in [5.74, 6) is -0.578. The molecule has 0 fully saturated rings. The monoisotopic (exact) mass is 357 g/mol. The van der Waals surface area contributed by atoms with Gasteiger partial charge in [-0.15, -0.1) is 0 Å². The second kappa shape index (κ2) is 8.78. The van der Waals surface area contributed by atoms with Crippen molar-refractivity contribution in [2.75, 3.05) is 11.9 Å². The highest BCUT2D eigenvalue weighted by molar-refractivity contribution is 5.92. The highest BCUT2D eigenvalue weighted by Gasteiger charge is 2.09. The number of hydrogen-bond donors (Lipinski definition) is 4. The van der Waals surface area contributed by atoms with E-state index in [1.165, 1.54) is 36.5 Å². The lowest BCUT2D eigenvalue weighted by atomic mass is 10.2. The standard InChI is InChI=1S/C16H15N5O5/c22-14-7-2-1-4-11(14)9-18-20-15(23)10-17-16(24)19-12-5-3-6-13(8-12)21(25)26/h1-9,22H,10H2,(H,20,23)(H2,17,19,24)/b18-9+. The quantitative estimate of drug-likeness (QED) is 0.352. The van der Waals surface area contributed by atoms with Gasteiger partial charge in [0.25, 0.3) is 11.6 Å². The van der Waals surface area contributed by atoms with Gasteiger partial charge in [-0.25, -0.2) is 10.2 Å². The number of hydrogen-bond acceptors (Lipinski definition) is 6. The number of carbonyl (C=O) groups is 2. The van der Waals surface area contributed by atoms with Crippen LogP contribution in [0.2, 0.25) is 0 Å². The van der Waals surface area contributed by atoms with Gasteiger partial charge in [-0.3, -0.25) is 14.9 Å². The van der Waals surface area contributed by atoms with Crippen molar-refractivity contribution < 1.29 is 19.6 Å². The van der Waals surface area contributed by atoms with Gasteiger partial charge in [0.05, 0.1) is 11.1 Å². The van der Waals surface area contributed by atoms with Gasteiger partial charge in [0.2, 0.25) is 0 Å². The summed E-state index contributed by atoms with van der Waals surface area (Å²) in [6, 6.07) is 11.1. The highest BCUT2D eigenvalue weighted by Crippen LogP contribution is 2.16. The Morgan fingerprint density at radius 1 is 1.19 bits per heavy atom. The minimum atomic E-state index is -0.703. The first-order valence-electron chi connectivity index (χ1n) is 7.35. The number of rotatable bonds is 6. The Labute approximate surface area is 147 Å². The van der Waals surface area contributed by atoms with Crippen molar-refractivity contribution in [2.24, 2.45) is 5.10 Å². The minimum absolute atomic E-state index is 0.0138. The lowest BCUT2D eigenvalue weighted by Crippen LogP contribution is -2.37. The van der Waals surface area contributed by atoms with E-state index >= 15 is 0 Å². The molecule has 0 aliphatic carbocycles. The molecule has 3 amide bonds. The van der Waals surface area contributed by atoms with Gasteiger partial charge in [-0.05, 0) is 18.2 Å². The molecule has 0 radical (unpaired) electrons. The zero-order chi connectivity index (χ0) is 18.9. The fraction of sp³-hybridized carbons (Fsp3) is 0.0625. The molecule has 4 N–H and O–H groups in total. The third kappa shape index (κ3) is 5.60. The average molecular weight is 357 g/mol. The van der Waals surface area contributed by atoms with E-state index in [0.29, 0.717) is 5.56 Å². The summed E-state index contributed by atoms with van der Waals surface area (Å²) in [6.45, 7) is -0.362. The largest absolute Gasteiger partial charge is 0.507 e. The number of amides is 3. The number of non-ortho nitro benzene ring substituents is 1. The van der Waals surface area contributed by atoms with Crippen molar-refractivity contribution in [3.05, 3.63) is 64.2 Å². The maximum Gasteiger partial charge on any atom is 0.319 e. The molecule has 0 atom stereocenters. The summed E-state index contributed by atoms with van der Waals surface area (Å²) in [4.78, 5) is 33.4. The maximum atomic E-state index is 11.7.